The number of fused-ring (bicyclic) bond motifs is 1. The molecule has 2 N–H and O–H groups in total. The van der Waals surface area contributed by atoms with Gasteiger partial charge in [-0.2, -0.15) is 4.98 Å². The van der Waals surface area contributed by atoms with Crippen LogP contribution in [0.1, 0.15) is 0 Å². The Labute approximate surface area is 116 Å². The molecule has 0 unspecified atom stereocenters. The molecule has 1 aromatic carbocycles. The molecule has 0 amide bonds. The first-order valence-corrected chi connectivity index (χ1v) is 6.18. The van der Waals surface area contributed by atoms with Gasteiger partial charge in [-0.1, -0.05) is 6.07 Å². The van der Waals surface area contributed by atoms with Crippen LogP contribution in [0, 0.1) is 0 Å². The van der Waals surface area contributed by atoms with Crippen molar-refractivity contribution in [3.63, 3.8) is 0 Å². The summed E-state index contributed by atoms with van der Waals surface area (Å²) >= 11 is 0. The Balaban J connectivity index is 2.00. The summed E-state index contributed by atoms with van der Waals surface area (Å²) in [6.07, 6.45) is 5.18. The lowest BCUT2D eigenvalue weighted by atomic mass is 10.3. The van der Waals surface area contributed by atoms with E-state index in [2.05, 4.69) is 9.97 Å². The number of ether oxygens (including phenoxy) is 1. The maximum absolute atomic E-state index is 5.82. The number of aromatic nitrogens is 3. The molecule has 0 fully saturated rings. The van der Waals surface area contributed by atoms with E-state index in [4.69, 9.17) is 10.5 Å². The second kappa shape index (κ2) is 4.73. The molecule has 0 aliphatic rings. The van der Waals surface area contributed by atoms with Gasteiger partial charge in [-0.15, -0.1) is 0 Å². The molecular formula is C14H15N5O. The van der Waals surface area contributed by atoms with E-state index in [1.54, 1.807) is 23.0 Å². The molecular weight excluding hydrogens is 254 g/mol. The van der Waals surface area contributed by atoms with Crippen LogP contribution in [-0.2, 0) is 0 Å². The number of nitrogens with two attached hydrogens (primary N) is 1. The fraction of sp³-hybridized carbons (Fsp3) is 0.143. The van der Waals surface area contributed by atoms with E-state index < -0.39 is 0 Å². The molecule has 0 saturated carbocycles. The van der Waals surface area contributed by atoms with Gasteiger partial charge in [0, 0.05) is 38.2 Å². The largest absolute Gasteiger partial charge is 0.436 e. The minimum Gasteiger partial charge on any atom is -0.436 e. The second-order valence-corrected chi connectivity index (χ2v) is 4.62. The Hall–Kier alpha value is -2.76. The first-order chi connectivity index (χ1) is 9.63. The molecule has 0 spiro atoms. The lowest BCUT2D eigenvalue weighted by Crippen LogP contribution is -2.08. The average Bonchev–Trinajstić information content (AvgIpc) is 2.87. The summed E-state index contributed by atoms with van der Waals surface area (Å²) in [6, 6.07) is 7.74. The summed E-state index contributed by atoms with van der Waals surface area (Å²) in [5.74, 6) is 1.47. The van der Waals surface area contributed by atoms with Crippen molar-refractivity contribution in [2.75, 3.05) is 24.7 Å². The molecule has 0 saturated heterocycles. The van der Waals surface area contributed by atoms with Gasteiger partial charge in [0.15, 0.2) is 0 Å². The Bertz CT molecular complexity index is 750. The smallest absolute Gasteiger partial charge is 0.265 e. The molecule has 2 heterocycles. The third-order valence-corrected chi connectivity index (χ3v) is 2.91. The lowest BCUT2D eigenvalue weighted by Gasteiger charge is -2.14. The van der Waals surface area contributed by atoms with Crippen molar-refractivity contribution < 1.29 is 4.74 Å². The van der Waals surface area contributed by atoms with Crippen LogP contribution < -0.4 is 15.4 Å². The first kappa shape index (κ1) is 12.3. The zero-order valence-electron chi connectivity index (χ0n) is 11.3. The van der Waals surface area contributed by atoms with Crippen LogP contribution >= 0.6 is 0 Å². The summed E-state index contributed by atoms with van der Waals surface area (Å²) in [4.78, 5) is 10.4. The molecule has 0 aliphatic carbocycles. The molecule has 3 aromatic rings. The summed E-state index contributed by atoms with van der Waals surface area (Å²) in [6.45, 7) is 0. The summed E-state index contributed by atoms with van der Waals surface area (Å²) in [5.41, 5.74) is 7.45. The Kier molecular flexibility index (Phi) is 2.90. The zero-order valence-corrected chi connectivity index (χ0v) is 11.3. The minimum absolute atomic E-state index is 0.384. The number of hydrogen-bond acceptors (Lipinski definition) is 5. The third-order valence-electron chi connectivity index (χ3n) is 2.91. The van der Waals surface area contributed by atoms with E-state index in [9.17, 15) is 0 Å². The lowest BCUT2D eigenvalue weighted by molar-refractivity contribution is 0.466. The maximum Gasteiger partial charge on any atom is 0.265 e. The van der Waals surface area contributed by atoms with Gasteiger partial charge < -0.3 is 15.4 Å². The molecule has 0 aliphatic heterocycles. The van der Waals surface area contributed by atoms with Gasteiger partial charge in [-0.05, 0) is 12.1 Å². The molecule has 2 aromatic heterocycles. The molecule has 6 heteroatoms. The van der Waals surface area contributed by atoms with Gasteiger partial charge in [-0.25, -0.2) is 4.98 Å². The molecule has 0 atom stereocenters. The highest BCUT2D eigenvalue weighted by Gasteiger charge is 2.09. The van der Waals surface area contributed by atoms with Crippen LogP contribution in [0.15, 0.2) is 42.9 Å². The number of imidazole rings is 1. The van der Waals surface area contributed by atoms with Crippen LogP contribution in [0.3, 0.4) is 0 Å². The molecule has 3 rings (SSSR count). The fourth-order valence-corrected chi connectivity index (χ4v) is 1.93. The number of nitrogen functional groups attached to an aromatic ring is 1. The number of rotatable bonds is 3. The number of anilines is 2. The second-order valence-electron chi connectivity index (χ2n) is 4.62. The van der Waals surface area contributed by atoms with E-state index in [1.807, 2.05) is 43.3 Å². The molecule has 0 bridgehead atoms. The highest BCUT2D eigenvalue weighted by atomic mass is 16.5. The normalized spacial score (nSPS) is 10.7. The van der Waals surface area contributed by atoms with Crippen LogP contribution in [0.5, 0.6) is 11.6 Å². The SMILES string of the molecule is CN(C)c1cccc(Oc2nc(N)cn3ccnc23)c1. The van der Waals surface area contributed by atoms with E-state index >= 15 is 0 Å². The summed E-state index contributed by atoms with van der Waals surface area (Å²) in [5, 5.41) is 0. The summed E-state index contributed by atoms with van der Waals surface area (Å²) in [7, 11) is 3.95. The van der Waals surface area contributed by atoms with Crippen molar-refractivity contribution in [1.82, 2.24) is 14.4 Å². The molecule has 0 radical (unpaired) electrons. The predicted molar refractivity (Wildman–Crippen MR) is 78.2 cm³/mol. The predicted octanol–water partition coefficient (Wildman–Crippen LogP) is 2.17. The number of nitrogens with zero attached hydrogens (tertiary/aromatic N) is 4. The standard InChI is InChI=1S/C14H15N5O/c1-18(2)10-4-3-5-11(8-10)20-14-13-16-6-7-19(13)9-12(15)17-14/h3-9H,15H2,1-2H3. The van der Waals surface area contributed by atoms with Gasteiger partial charge >= 0.3 is 0 Å². The Morgan fingerprint density at radius 1 is 1.30 bits per heavy atom. The van der Waals surface area contributed by atoms with E-state index in [-0.39, 0.29) is 0 Å². The maximum atomic E-state index is 5.82. The van der Waals surface area contributed by atoms with Gasteiger partial charge in [0.25, 0.3) is 5.88 Å². The monoisotopic (exact) mass is 269 g/mol. The molecule has 102 valence electrons. The average molecular weight is 269 g/mol. The van der Waals surface area contributed by atoms with Crippen LogP contribution in [-0.4, -0.2) is 28.5 Å². The van der Waals surface area contributed by atoms with Gasteiger partial charge in [0.1, 0.15) is 11.6 Å². The van der Waals surface area contributed by atoms with Gasteiger partial charge in [0.05, 0.1) is 6.20 Å². The van der Waals surface area contributed by atoms with Crippen LogP contribution in [0.4, 0.5) is 11.5 Å². The highest BCUT2D eigenvalue weighted by Crippen LogP contribution is 2.26. The minimum atomic E-state index is 0.384. The highest BCUT2D eigenvalue weighted by molar-refractivity contribution is 5.56. The quantitative estimate of drug-likeness (QED) is 0.789. The van der Waals surface area contributed by atoms with Crippen molar-refractivity contribution in [3.8, 4) is 11.6 Å². The van der Waals surface area contributed by atoms with Crippen molar-refractivity contribution in [2.24, 2.45) is 0 Å². The number of hydrogen-bond donors (Lipinski definition) is 1. The van der Waals surface area contributed by atoms with Gasteiger partial charge in [0.2, 0.25) is 5.65 Å². The summed E-state index contributed by atoms with van der Waals surface area (Å²) < 4.78 is 7.61. The van der Waals surface area contributed by atoms with Gasteiger partial charge in [-0.3, -0.25) is 4.40 Å². The Morgan fingerprint density at radius 2 is 2.15 bits per heavy atom. The van der Waals surface area contributed by atoms with E-state index in [1.165, 1.54) is 0 Å². The topological polar surface area (TPSA) is 68.7 Å². The molecule has 6 nitrogen and oxygen atoms in total. The third kappa shape index (κ3) is 2.23. The van der Waals surface area contributed by atoms with Crippen molar-refractivity contribution >= 4 is 17.2 Å². The van der Waals surface area contributed by atoms with E-state index in [0.717, 1.165) is 5.69 Å². The first-order valence-electron chi connectivity index (χ1n) is 6.18. The van der Waals surface area contributed by atoms with Crippen LogP contribution in [0.25, 0.3) is 5.65 Å². The zero-order chi connectivity index (χ0) is 14.1. The van der Waals surface area contributed by atoms with Crippen molar-refractivity contribution in [2.45, 2.75) is 0 Å². The van der Waals surface area contributed by atoms with Crippen molar-refractivity contribution in [3.05, 3.63) is 42.9 Å². The molecule has 20 heavy (non-hydrogen) atoms. The van der Waals surface area contributed by atoms with Crippen LogP contribution in [0.2, 0.25) is 0 Å². The fourth-order valence-electron chi connectivity index (χ4n) is 1.93. The van der Waals surface area contributed by atoms with E-state index in [0.29, 0.717) is 23.1 Å². The van der Waals surface area contributed by atoms with Crippen molar-refractivity contribution in [1.29, 1.82) is 0 Å². The Morgan fingerprint density at radius 3 is 2.95 bits per heavy atom. The number of benzene rings is 1.